The van der Waals surface area contributed by atoms with Crippen molar-refractivity contribution in [2.24, 2.45) is 5.84 Å². The maximum absolute atomic E-state index is 5.68. The molecule has 0 saturated carbocycles. The van der Waals surface area contributed by atoms with Gasteiger partial charge in [0.05, 0.1) is 20.3 Å². The minimum Gasteiger partial charge on any atom is -0.497 e. The Labute approximate surface area is 120 Å². The average molecular weight is 284 g/mol. The quantitative estimate of drug-likeness (QED) is 0.568. The van der Waals surface area contributed by atoms with E-state index in [2.05, 4.69) is 19.3 Å². The van der Waals surface area contributed by atoms with Crippen LogP contribution in [0.1, 0.15) is 31.9 Å². The van der Waals surface area contributed by atoms with Gasteiger partial charge in [-0.25, -0.2) is 0 Å². The molecule has 0 aliphatic heterocycles. The maximum Gasteiger partial charge on any atom is 0.127 e. The van der Waals surface area contributed by atoms with Crippen LogP contribution in [0.4, 0.5) is 0 Å². The average Bonchev–Trinajstić information content (AvgIpc) is 2.47. The van der Waals surface area contributed by atoms with Crippen molar-refractivity contribution in [3.8, 4) is 11.5 Å². The first-order valence-corrected chi connectivity index (χ1v) is 7.50. The molecule has 3 N–H and O–H groups in total. The van der Waals surface area contributed by atoms with Gasteiger partial charge in [0, 0.05) is 22.6 Å². The number of methoxy groups -OCH3 is 2. The minimum absolute atomic E-state index is 0.0693. The van der Waals surface area contributed by atoms with Gasteiger partial charge in [0.15, 0.2) is 0 Å². The van der Waals surface area contributed by atoms with E-state index in [-0.39, 0.29) is 6.04 Å². The third-order valence-corrected chi connectivity index (χ3v) is 4.57. The van der Waals surface area contributed by atoms with E-state index in [1.54, 1.807) is 14.2 Å². The summed E-state index contributed by atoms with van der Waals surface area (Å²) < 4.78 is 10.6. The normalized spacial score (nSPS) is 13.9. The highest BCUT2D eigenvalue weighted by atomic mass is 32.2. The molecule has 5 heteroatoms. The molecule has 0 bridgehead atoms. The van der Waals surface area contributed by atoms with E-state index in [0.29, 0.717) is 5.25 Å². The van der Waals surface area contributed by atoms with Crippen molar-refractivity contribution in [2.45, 2.75) is 31.6 Å². The van der Waals surface area contributed by atoms with Crippen LogP contribution in [0.3, 0.4) is 0 Å². The summed E-state index contributed by atoms with van der Waals surface area (Å²) in [4.78, 5) is 0. The number of hydrogen-bond donors (Lipinski definition) is 2. The fourth-order valence-corrected chi connectivity index (χ4v) is 2.74. The summed E-state index contributed by atoms with van der Waals surface area (Å²) in [6, 6.07) is 5.88. The molecule has 0 fully saturated rings. The molecule has 0 aliphatic rings. The van der Waals surface area contributed by atoms with Crippen molar-refractivity contribution in [1.82, 2.24) is 5.43 Å². The molecule has 0 aliphatic carbocycles. The van der Waals surface area contributed by atoms with E-state index < -0.39 is 0 Å². The molecular formula is C14H24N2O2S. The van der Waals surface area contributed by atoms with Crippen LogP contribution >= 0.6 is 11.8 Å². The fraction of sp³-hybridized carbons (Fsp3) is 0.571. The third-order valence-electron chi connectivity index (χ3n) is 3.14. The van der Waals surface area contributed by atoms with Gasteiger partial charge in [-0.3, -0.25) is 11.3 Å². The summed E-state index contributed by atoms with van der Waals surface area (Å²) >= 11 is 1.90. The molecule has 1 aromatic rings. The molecule has 19 heavy (non-hydrogen) atoms. The summed E-state index contributed by atoms with van der Waals surface area (Å²) in [5.74, 6) is 8.17. The van der Waals surface area contributed by atoms with Gasteiger partial charge in [0.2, 0.25) is 0 Å². The van der Waals surface area contributed by atoms with E-state index >= 15 is 0 Å². The number of nitrogens with two attached hydrogens (primary N) is 1. The summed E-state index contributed by atoms with van der Waals surface area (Å²) in [6.45, 7) is 4.42. The van der Waals surface area contributed by atoms with Gasteiger partial charge in [-0.15, -0.1) is 0 Å². The maximum atomic E-state index is 5.68. The zero-order chi connectivity index (χ0) is 14.3. The number of thioether (sulfide) groups is 1. The van der Waals surface area contributed by atoms with Crippen molar-refractivity contribution in [2.75, 3.05) is 20.0 Å². The zero-order valence-corrected chi connectivity index (χ0v) is 12.9. The van der Waals surface area contributed by atoms with Crippen LogP contribution in [-0.4, -0.2) is 25.2 Å². The van der Waals surface area contributed by atoms with Gasteiger partial charge in [-0.1, -0.05) is 13.8 Å². The van der Waals surface area contributed by atoms with E-state index in [0.717, 1.165) is 29.2 Å². The molecule has 4 nitrogen and oxygen atoms in total. The highest BCUT2D eigenvalue weighted by molar-refractivity contribution is 7.99. The molecule has 0 spiro atoms. The van der Waals surface area contributed by atoms with Crippen molar-refractivity contribution in [1.29, 1.82) is 0 Å². The summed E-state index contributed by atoms with van der Waals surface area (Å²) in [5.41, 5.74) is 3.93. The molecule has 0 aromatic heterocycles. The van der Waals surface area contributed by atoms with Crippen LogP contribution in [0.5, 0.6) is 11.5 Å². The lowest BCUT2D eigenvalue weighted by Crippen LogP contribution is -2.30. The lowest BCUT2D eigenvalue weighted by molar-refractivity contribution is 0.386. The molecule has 0 amide bonds. The van der Waals surface area contributed by atoms with Crippen LogP contribution in [0.25, 0.3) is 0 Å². The number of hydrazine groups is 1. The second-order valence-electron chi connectivity index (χ2n) is 4.38. The van der Waals surface area contributed by atoms with Crippen molar-refractivity contribution in [3.05, 3.63) is 23.8 Å². The smallest absolute Gasteiger partial charge is 0.127 e. The molecule has 1 aromatic carbocycles. The Morgan fingerprint density at radius 1 is 1.32 bits per heavy atom. The molecule has 0 heterocycles. The monoisotopic (exact) mass is 284 g/mol. The molecule has 108 valence electrons. The minimum atomic E-state index is 0.0693. The van der Waals surface area contributed by atoms with Gasteiger partial charge >= 0.3 is 0 Å². The second kappa shape index (κ2) is 8.30. The second-order valence-corrected chi connectivity index (χ2v) is 5.85. The number of nitrogens with one attached hydrogen (secondary N) is 1. The van der Waals surface area contributed by atoms with Crippen LogP contribution < -0.4 is 20.7 Å². The van der Waals surface area contributed by atoms with Crippen LogP contribution in [0.2, 0.25) is 0 Å². The van der Waals surface area contributed by atoms with Crippen LogP contribution in [0, 0.1) is 0 Å². The molecule has 2 atom stereocenters. The number of rotatable bonds is 8. The van der Waals surface area contributed by atoms with Crippen LogP contribution in [0.15, 0.2) is 18.2 Å². The predicted molar refractivity (Wildman–Crippen MR) is 81.8 cm³/mol. The molecule has 0 saturated heterocycles. The molecular weight excluding hydrogens is 260 g/mol. The highest BCUT2D eigenvalue weighted by Gasteiger charge is 2.16. The van der Waals surface area contributed by atoms with Crippen molar-refractivity contribution >= 4 is 11.8 Å². The van der Waals surface area contributed by atoms with Gasteiger partial charge < -0.3 is 9.47 Å². The summed E-state index contributed by atoms with van der Waals surface area (Å²) in [5, 5.41) is 0.625. The van der Waals surface area contributed by atoms with Gasteiger partial charge in [-0.05, 0) is 18.6 Å². The largest absolute Gasteiger partial charge is 0.497 e. The first-order valence-electron chi connectivity index (χ1n) is 6.45. The fourth-order valence-electron chi connectivity index (χ4n) is 1.71. The molecule has 0 radical (unpaired) electrons. The third kappa shape index (κ3) is 4.60. The highest BCUT2D eigenvalue weighted by Crippen LogP contribution is 2.31. The van der Waals surface area contributed by atoms with E-state index in [1.807, 2.05) is 30.0 Å². The van der Waals surface area contributed by atoms with Gasteiger partial charge in [0.25, 0.3) is 0 Å². The van der Waals surface area contributed by atoms with Crippen molar-refractivity contribution < 1.29 is 9.47 Å². The summed E-state index contributed by atoms with van der Waals surface area (Å²) in [7, 11) is 3.31. The van der Waals surface area contributed by atoms with E-state index in [4.69, 9.17) is 15.3 Å². The van der Waals surface area contributed by atoms with Crippen LogP contribution in [-0.2, 0) is 0 Å². The lowest BCUT2D eigenvalue weighted by Gasteiger charge is -2.20. The van der Waals surface area contributed by atoms with Crippen molar-refractivity contribution in [3.63, 3.8) is 0 Å². The Hall–Kier alpha value is -0.910. The zero-order valence-electron chi connectivity index (χ0n) is 12.1. The Bertz CT molecular complexity index is 388. The van der Waals surface area contributed by atoms with E-state index in [1.165, 1.54) is 0 Å². The number of hydrogen-bond acceptors (Lipinski definition) is 5. The first-order chi connectivity index (χ1) is 9.15. The number of benzene rings is 1. The Balaban J connectivity index is 2.85. The summed E-state index contributed by atoms with van der Waals surface area (Å²) in [6.07, 6.45) is 1.15. The standard InChI is InChI=1S/C14H24N2O2S/c1-5-10(2)19-9-13(16-15)12-7-6-11(17-3)8-14(12)18-4/h6-8,10,13,16H,5,9,15H2,1-4H3. The Morgan fingerprint density at radius 3 is 2.58 bits per heavy atom. The first kappa shape index (κ1) is 16.1. The lowest BCUT2D eigenvalue weighted by atomic mass is 10.1. The number of ether oxygens (including phenoxy) is 2. The topological polar surface area (TPSA) is 56.5 Å². The van der Waals surface area contributed by atoms with E-state index in [9.17, 15) is 0 Å². The Morgan fingerprint density at radius 2 is 2.05 bits per heavy atom. The van der Waals surface area contributed by atoms with Gasteiger partial charge in [-0.2, -0.15) is 11.8 Å². The molecule has 2 unspecified atom stereocenters. The predicted octanol–water partition coefficient (Wildman–Crippen LogP) is 2.74. The van der Waals surface area contributed by atoms with Gasteiger partial charge in [0.1, 0.15) is 11.5 Å². The molecule has 1 rings (SSSR count). The SMILES string of the molecule is CCC(C)SCC(NN)c1ccc(OC)cc1OC. The Kier molecular flexibility index (Phi) is 7.05.